The number of fused-ring (bicyclic) bond motifs is 6. The molecule has 3 aliphatic rings. The van der Waals surface area contributed by atoms with Crippen LogP contribution in [0.5, 0.6) is 0 Å². The Bertz CT molecular complexity index is 1640. The van der Waals surface area contributed by atoms with Gasteiger partial charge in [0.25, 0.3) is 0 Å². The van der Waals surface area contributed by atoms with E-state index in [9.17, 15) is 4.79 Å². The zero-order chi connectivity index (χ0) is 28.3. The van der Waals surface area contributed by atoms with Gasteiger partial charge in [-0.2, -0.15) is 18.1 Å². The fraction of sp³-hybridized carbons (Fsp3) is 0.394. The van der Waals surface area contributed by atoms with E-state index in [-0.39, 0.29) is 50.8 Å². The van der Waals surface area contributed by atoms with E-state index in [0.717, 1.165) is 61.7 Å². The minimum Gasteiger partial charge on any atom is -0.375 e. The summed E-state index contributed by atoms with van der Waals surface area (Å²) in [6.45, 7) is 7.61. The van der Waals surface area contributed by atoms with Gasteiger partial charge in [-0.25, -0.2) is 0 Å². The summed E-state index contributed by atoms with van der Waals surface area (Å²) in [5.41, 5.74) is 7.32. The number of rotatable bonds is 6. The summed E-state index contributed by atoms with van der Waals surface area (Å²) < 4.78 is 17.5. The molecule has 1 aromatic carbocycles. The summed E-state index contributed by atoms with van der Waals surface area (Å²) in [4.78, 5) is 13.1. The second-order valence-corrected chi connectivity index (χ2v) is 11.3. The van der Waals surface area contributed by atoms with Crippen molar-refractivity contribution in [3.63, 3.8) is 0 Å². The average Bonchev–Trinajstić information content (AvgIpc) is 3.25. The maximum absolute atomic E-state index is 13.1. The molecule has 0 bridgehead atoms. The Kier molecular flexibility index (Phi) is 8.43. The molecule has 8 heteroatoms. The van der Waals surface area contributed by atoms with E-state index in [2.05, 4.69) is 89.1 Å². The number of ether oxygens (including phenoxy) is 2. The molecule has 0 saturated carbocycles. The summed E-state index contributed by atoms with van der Waals surface area (Å²) >= 11 is 0. The number of allylic oxidation sites excluding steroid dienone is 4. The van der Waals surface area contributed by atoms with E-state index in [1.807, 2.05) is 14.1 Å². The second-order valence-electron chi connectivity index (χ2n) is 11.3. The van der Waals surface area contributed by atoms with Gasteiger partial charge in [-0.1, -0.05) is 37.6 Å². The van der Waals surface area contributed by atoms with Crippen LogP contribution in [0.3, 0.4) is 0 Å². The molecule has 4 atom stereocenters. The Morgan fingerprint density at radius 2 is 1.76 bits per heavy atom. The fourth-order valence-corrected chi connectivity index (χ4v) is 7.08. The molecule has 2 aromatic heterocycles. The molecular formula is C33H39N4O3Y-. The second kappa shape index (κ2) is 11.4. The average molecular weight is 629 g/mol. The normalized spacial score (nSPS) is 24.7. The standard InChI is InChI=1S/C33H39N4O3.Y/c1-19-8-12-21-26(14-10-19)36-17-25(35-5)32(39-6)33(3,40-7)37-27-15-11-20(2)9-13-22(27)28-23(16-34-4)24(18-38)29(21)30(36)31(28)37;/h8-15,18,20,25,32,34-35H,16-17H2,1-7H3;/q-1;. The molecule has 7 nitrogen and oxygen atoms in total. The van der Waals surface area contributed by atoms with Crippen LogP contribution in [0.25, 0.3) is 46.1 Å². The van der Waals surface area contributed by atoms with Gasteiger partial charge >= 0.3 is 0 Å². The number of nitrogens with zero attached hydrogens (tertiary/aromatic N) is 2. The van der Waals surface area contributed by atoms with Crippen molar-refractivity contribution in [1.29, 1.82) is 0 Å². The predicted molar refractivity (Wildman–Crippen MR) is 164 cm³/mol. The first-order chi connectivity index (χ1) is 19.3. The molecule has 1 aliphatic heterocycles. The first-order valence-corrected chi connectivity index (χ1v) is 14.1. The maximum Gasteiger partial charge on any atom is 0.170 e. The molecule has 213 valence electrons. The number of nitrogens with one attached hydrogen (secondary N) is 2. The van der Waals surface area contributed by atoms with Gasteiger partial charge in [-0.05, 0) is 44.3 Å². The van der Waals surface area contributed by atoms with Crippen LogP contribution >= 0.6 is 0 Å². The Hall–Kier alpha value is -2.26. The van der Waals surface area contributed by atoms with Gasteiger partial charge in [0.2, 0.25) is 0 Å². The summed E-state index contributed by atoms with van der Waals surface area (Å²) in [5.74, 6) is 1.44. The number of likely N-dealkylation sites (N-methyl/N-ethyl adjacent to an activating group) is 1. The SMILES string of the molecule is CNCc1c(C=O)c2c3c(n4c2c2c1c1c(n2C(C)(OC)C(OC)C(NC)C4)C=CC(C)C=C1)C=C[C-](C)C=C3.[Y]. The molecule has 0 saturated heterocycles. The third-order valence-corrected chi connectivity index (χ3v) is 9.08. The van der Waals surface area contributed by atoms with Crippen molar-refractivity contribution in [2.45, 2.75) is 51.7 Å². The molecule has 4 unspecified atom stereocenters. The van der Waals surface area contributed by atoms with Crippen LogP contribution in [0.2, 0.25) is 0 Å². The predicted octanol–water partition coefficient (Wildman–Crippen LogP) is 5.37. The molecule has 1 radical (unpaired) electrons. The Morgan fingerprint density at radius 3 is 2.41 bits per heavy atom. The van der Waals surface area contributed by atoms with Crippen molar-refractivity contribution in [2.24, 2.45) is 5.92 Å². The Labute approximate surface area is 267 Å². The van der Waals surface area contributed by atoms with Crippen molar-refractivity contribution in [3.8, 4) is 0 Å². The van der Waals surface area contributed by atoms with Crippen LogP contribution in [0.1, 0.15) is 59.2 Å². The van der Waals surface area contributed by atoms with Crippen molar-refractivity contribution in [1.82, 2.24) is 19.8 Å². The molecule has 2 aliphatic carbocycles. The summed E-state index contributed by atoms with van der Waals surface area (Å²) in [6, 6.07) is -0.0810. The van der Waals surface area contributed by atoms with Crippen molar-refractivity contribution < 1.29 is 47.0 Å². The van der Waals surface area contributed by atoms with Crippen molar-refractivity contribution >= 4 is 52.4 Å². The van der Waals surface area contributed by atoms with Crippen LogP contribution in [0.4, 0.5) is 0 Å². The zero-order valence-corrected chi connectivity index (χ0v) is 27.9. The summed E-state index contributed by atoms with van der Waals surface area (Å²) in [6.07, 6.45) is 18.3. The summed E-state index contributed by atoms with van der Waals surface area (Å²) in [5, 5.41) is 8.97. The van der Waals surface area contributed by atoms with Crippen LogP contribution in [-0.2, 0) is 61.0 Å². The van der Waals surface area contributed by atoms with Crippen molar-refractivity contribution in [2.75, 3.05) is 28.3 Å². The van der Waals surface area contributed by atoms with E-state index in [1.54, 1.807) is 14.2 Å². The number of aromatic nitrogens is 2. The number of carbonyl (C=O) groups excluding carboxylic acids is 1. The molecule has 0 amide bonds. The molecular weight excluding hydrogens is 589 g/mol. The minimum absolute atomic E-state index is 0. The topological polar surface area (TPSA) is 69.5 Å². The largest absolute Gasteiger partial charge is 0.375 e. The third-order valence-electron chi connectivity index (χ3n) is 9.08. The van der Waals surface area contributed by atoms with Gasteiger partial charge in [-0.15, -0.1) is 12.2 Å². The van der Waals surface area contributed by atoms with Gasteiger partial charge in [0.1, 0.15) is 6.10 Å². The number of methoxy groups -OCH3 is 2. The monoisotopic (exact) mass is 628 g/mol. The fourth-order valence-electron chi connectivity index (χ4n) is 7.08. The molecule has 3 heterocycles. The molecule has 6 rings (SSSR count). The van der Waals surface area contributed by atoms with Crippen LogP contribution in [0, 0.1) is 11.8 Å². The quantitative estimate of drug-likeness (QED) is 0.284. The first-order valence-electron chi connectivity index (χ1n) is 14.1. The van der Waals surface area contributed by atoms with E-state index in [0.29, 0.717) is 13.1 Å². The van der Waals surface area contributed by atoms with Gasteiger partial charge in [0.15, 0.2) is 12.0 Å². The maximum atomic E-state index is 13.1. The van der Waals surface area contributed by atoms with E-state index in [1.165, 1.54) is 5.92 Å². The van der Waals surface area contributed by atoms with Crippen LogP contribution < -0.4 is 10.6 Å². The summed E-state index contributed by atoms with van der Waals surface area (Å²) in [7, 11) is 7.44. The van der Waals surface area contributed by atoms with Gasteiger partial charge < -0.3 is 29.2 Å². The Balaban J connectivity index is 0.00000337. The van der Waals surface area contributed by atoms with Gasteiger partial charge in [0.05, 0.1) is 22.8 Å². The van der Waals surface area contributed by atoms with Gasteiger partial charge in [0, 0.05) is 81.9 Å². The zero-order valence-electron chi connectivity index (χ0n) is 25.0. The van der Waals surface area contributed by atoms with E-state index in [4.69, 9.17) is 9.47 Å². The molecule has 3 aromatic rings. The molecule has 41 heavy (non-hydrogen) atoms. The molecule has 0 spiro atoms. The Morgan fingerprint density at radius 1 is 1.05 bits per heavy atom. The van der Waals surface area contributed by atoms with Gasteiger partial charge in [-0.3, -0.25) is 4.79 Å². The first kappa shape index (κ1) is 30.2. The number of hydrogen-bond acceptors (Lipinski definition) is 5. The number of benzene rings is 1. The van der Waals surface area contributed by atoms with Crippen LogP contribution in [-0.4, -0.2) is 55.9 Å². The molecule has 0 fully saturated rings. The third kappa shape index (κ3) is 4.31. The van der Waals surface area contributed by atoms with E-state index >= 15 is 0 Å². The number of aldehydes is 1. The van der Waals surface area contributed by atoms with Crippen LogP contribution in [0.15, 0.2) is 24.3 Å². The van der Waals surface area contributed by atoms with E-state index < -0.39 is 5.72 Å². The number of carbonyl (C=O) groups is 1. The smallest absolute Gasteiger partial charge is 0.170 e. The molecule has 2 N–H and O–H groups in total. The minimum atomic E-state index is -0.852. The van der Waals surface area contributed by atoms with Crippen molar-refractivity contribution in [3.05, 3.63) is 63.9 Å². The number of hydrogen-bond donors (Lipinski definition) is 2.